The molecule has 0 bridgehead atoms. The van der Waals surface area contributed by atoms with E-state index >= 15 is 0 Å². The number of aromatic nitrogens is 1. The van der Waals surface area contributed by atoms with Crippen molar-refractivity contribution in [3.8, 4) is 5.88 Å². The van der Waals surface area contributed by atoms with Crippen LogP contribution in [0.2, 0.25) is 0 Å². The van der Waals surface area contributed by atoms with Crippen LogP contribution in [0.15, 0.2) is 31.0 Å². The van der Waals surface area contributed by atoms with Crippen LogP contribution in [-0.2, 0) is 6.54 Å². The zero-order chi connectivity index (χ0) is 8.81. The van der Waals surface area contributed by atoms with Crippen LogP contribution in [0, 0.1) is 0 Å². The lowest BCUT2D eigenvalue weighted by Crippen LogP contribution is -1.99. The predicted octanol–water partition coefficient (Wildman–Crippen LogP) is 1.11. The third kappa shape index (κ3) is 2.36. The van der Waals surface area contributed by atoms with Crippen LogP contribution in [0.25, 0.3) is 0 Å². The first-order valence-electron chi connectivity index (χ1n) is 3.75. The maximum Gasteiger partial charge on any atom is 0.213 e. The van der Waals surface area contributed by atoms with Gasteiger partial charge in [0.15, 0.2) is 0 Å². The minimum Gasteiger partial charge on any atom is -0.473 e. The predicted molar refractivity (Wildman–Crippen MR) is 47.8 cm³/mol. The van der Waals surface area contributed by atoms with Crippen LogP contribution in [0.1, 0.15) is 5.56 Å². The Morgan fingerprint density at radius 1 is 1.67 bits per heavy atom. The van der Waals surface area contributed by atoms with E-state index in [1.807, 2.05) is 12.1 Å². The van der Waals surface area contributed by atoms with E-state index in [4.69, 9.17) is 10.5 Å². The average molecular weight is 164 g/mol. The standard InChI is InChI=1S/C9H12N2O/c1-2-5-12-9-6-8(7-10)3-4-11-9/h2-4,6H,1,5,7,10H2. The number of nitrogens with zero attached hydrogens (tertiary/aromatic N) is 1. The molecule has 3 heteroatoms. The van der Waals surface area contributed by atoms with Crippen molar-refractivity contribution in [1.29, 1.82) is 0 Å². The van der Waals surface area contributed by atoms with Gasteiger partial charge in [0, 0.05) is 18.8 Å². The van der Waals surface area contributed by atoms with Crippen molar-refractivity contribution in [2.75, 3.05) is 6.61 Å². The van der Waals surface area contributed by atoms with E-state index < -0.39 is 0 Å². The van der Waals surface area contributed by atoms with Gasteiger partial charge >= 0.3 is 0 Å². The van der Waals surface area contributed by atoms with Gasteiger partial charge in [-0.15, -0.1) is 0 Å². The van der Waals surface area contributed by atoms with E-state index in [0.717, 1.165) is 5.56 Å². The molecule has 12 heavy (non-hydrogen) atoms. The number of ether oxygens (including phenoxy) is 1. The summed E-state index contributed by atoms with van der Waals surface area (Å²) in [5.74, 6) is 0.595. The lowest BCUT2D eigenvalue weighted by molar-refractivity contribution is 0.348. The van der Waals surface area contributed by atoms with Gasteiger partial charge in [0.2, 0.25) is 5.88 Å². The van der Waals surface area contributed by atoms with Crippen molar-refractivity contribution in [2.24, 2.45) is 5.73 Å². The molecule has 0 unspecified atom stereocenters. The molecule has 1 rings (SSSR count). The molecule has 64 valence electrons. The molecule has 1 aromatic rings. The second kappa shape index (κ2) is 4.51. The van der Waals surface area contributed by atoms with Crippen LogP contribution in [0.3, 0.4) is 0 Å². The average Bonchev–Trinajstić information content (AvgIpc) is 2.15. The molecule has 2 N–H and O–H groups in total. The molecule has 0 aromatic carbocycles. The van der Waals surface area contributed by atoms with Gasteiger partial charge in [0.1, 0.15) is 6.61 Å². The number of hydrogen-bond donors (Lipinski definition) is 1. The minimum atomic E-state index is 0.473. The Morgan fingerprint density at radius 2 is 2.50 bits per heavy atom. The minimum absolute atomic E-state index is 0.473. The van der Waals surface area contributed by atoms with Crippen molar-refractivity contribution in [3.63, 3.8) is 0 Å². The summed E-state index contributed by atoms with van der Waals surface area (Å²) in [6.07, 6.45) is 3.36. The normalized spacial score (nSPS) is 9.42. The van der Waals surface area contributed by atoms with Crippen molar-refractivity contribution < 1.29 is 4.74 Å². The smallest absolute Gasteiger partial charge is 0.213 e. The number of rotatable bonds is 4. The maximum atomic E-state index is 5.44. The molecule has 0 saturated carbocycles. The third-order valence-electron chi connectivity index (χ3n) is 1.38. The van der Waals surface area contributed by atoms with E-state index in [0.29, 0.717) is 19.0 Å². The van der Waals surface area contributed by atoms with Crippen LogP contribution < -0.4 is 10.5 Å². The highest BCUT2D eigenvalue weighted by molar-refractivity contribution is 5.20. The Labute approximate surface area is 71.9 Å². The van der Waals surface area contributed by atoms with Gasteiger partial charge in [0.25, 0.3) is 0 Å². The molecular formula is C9H12N2O. The monoisotopic (exact) mass is 164 g/mol. The highest BCUT2D eigenvalue weighted by Gasteiger charge is 1.94. The zero-order valence-electron chi connectivity index (χ0n) is 6.86. The fraction of sp³-hybridized carbons (Fsp3) is 0.222. The molecule has 1 aromatic heterocycles. The van der Waals surface area contributed by atoms with Crippen LogP contribution in [-0.4, -0.2) is 11.6 Å². The first-order chi connectivity index (χ1) is 5.86. The van der Waals surface area contributed by atoms with Gasteiger partial charge in [-0.1, -0.05) is 12.7 Å². The molecule has 0 saturated heterocycles. The summed E-state index contributed by atoms with van der Waals surface area (Å²) in [7, 11) is 0. The summed E-state index contributed by atoms with van der Waals surface area (Å²) in [5, 5.41) is 0. The van der Waals surface area contributed by atoms with E-state index in [9.17, 15) is 0 Å². The fourth-order valence-corrected chi connectivity index (χ4v) is 0.801. The Morgan fingerprint density at radius 3 is 3.17 bits per heavy atom. The molecule has 0 spiro atoms. The summed E-state index contributed by atoms with van der Waals surface area (Å²) < 4.78 is 5.21. The molecule has 1 heterocycles. The van der Waals surface area contributed by atoms with Crippen LogP contribution in [0.5, 0.6) is 5.88 Å². The number of pyridine rings is 1. The molecule has 0 aliphatic heterocycles. The largest absolute Gasteiger partial charge is 0.473 e. The lowest BCUT2D eigenvalue weighted by atomic mass is 10.3. The van der Waals surface area contributed by atoms with Gasteiger partial charge in [-0.3, -0.25) is 0 Å². The molecule has 0 radical (unpaired) electrons. The topological polar surface area (TPSA) is 48.1 Å². The fourth-order valence-electron chi connectivity index (χ4n) is 0.801. The highest BCUT2D eigenvalue weighted by Crippen LogP contribution is 2.08. The Balaban J connectivity index is 2.65. The SMILES string of the molecule is C=CCOc1cc(CN)ccn1. The molecule has 0 atom stereocenters. The van der Waals surface area contributed by atoms with E-state index in [1.165, 1.54) is 0 Å². The summed E-state index contributed by atoms with van der Waals surface area (Å²) >= 11 is 0. The summed E-state index contributed by atoms with van der Waals surface area (Å²) in [6, 6.07) is 3.68. The zero-order valence-corrected chi connectivity index (χ0v) is 6.86. The second-order valence-electron chi connectivity index (χ2n) is 2.31. The maximum absolute atomic E-state index is 5.44. The van der Waals surface area contributed by atoms with Crippen LogP contribution in [0.4, 0.5) is 0 Å². The molecule has 0 aliphatic carbocycles. The first kappa shape index (κ1) is 8.74. The van der Waals surface area contributed by atoms with Crippen molar-refractivity contribution >= 4 is 0 Å². The molecular weight excluding hydrogens is 152 g/mol. The van der Waals surface area contributed by atoms with Gasteiger partial charge in [-0.05, 0) is 11.6 Å². The third-order valence-corrected chi connectivity index (χ3v) is 1.38. The van der Waals surface area contributed by atoms with E-state index in [1.54, 1.807) is 12.3 Å². The van der Waals surface area contributed by atoms with E-state index in [-0.39, 0.29) is 0 Å². The van der Waals surface area contributed by atoms with Gasteiger partial charge in [-0.25, -0.2) is 4.98 Å². The van der Waals surface area contributed by atoms with Crippen molar-refractivity contribution in [3.05, 3.63) is 36.5 Å². The summed E-state index contributed by atoms with van der Waals surface area (Å²) in [6.45, 7) is 4.52. The van der Waals surface area contributed by atoms with Gasteiger partial charge in [0.05, 0.1) is 0 Å². The molecule has 0 amide bonds. The quantitative estimate of drug-likeness (QED) is 0.678. The Kier molecular flexibility index (Phi) is 3.29. The molecule has 0 fully saturated rings. The Bertz CT molecular complexity index is 260. The van der Waals surface area contributed by atoms with Crippen molar-refractivity contribution in [2.45, 2.75) is 6.54 Å². The number of hydrogen-bond acceptors (Lipinski definition) is 3. The lowest BCUT2D eigenvalue weighted by Gasteiger charge is -2.02. The van der Waals surface area contributed by atoms with Gasteiger partial charge in [-0.2, -0.15) is 0 Å². The molecule has 3 nitrogen and oxygen atoms in total. The highest BCUT2D eigenvalue weighted by atomic mass is 16.5. The van der Waals surface area contributed by atoms with Crippen LogP contribution >= 0.6 is 0 Å². The number of nitrogens with two attached hydrogens (primary N) is 1. The molecule has 0 aliphatic rings. The summed E-state index contributed by atoms with van der Waals surface area (Å²) in [5.41, 5.74) is 6.46. The summed E-state index contributed by atoms with van der Waals surface area (Å²) in [4.78, 5) is 4.00. The van der Waals surface area contributed by atoms with Crippen molar-refractivity contribution in [1.82, 2.24) is 4.98 Å². The van der Waals surface area contributed by atoms with E-state index in [2.05, 4.69) is 11.6 Å². The Hall–Kier alpha value is -1.35. The van der Waals surface area contributed by atoms with Gasteiger partial charge < -0.3 is 10.5 Å². The first-order valence-corrected chi connectivity index (χ1v) is 3.75. The second-order valence-corrected chi connectivity index (χ2v) is 2.31.